The molecule has 0 aliphatic carbocycles. The lowest BCUT2D eigenvalue weighted by molar-refractivity contribution is 0.659. The molecule has 2 aromatic heterocycles. The van der Waals surface area contributed by atoms with Crippen LogP contribution in [0.5, 0.6) is 0 Å². The molecule has 0 radical (unpaired) electrons. The van der Waals surface area contributed by atoms with E-state index in [1.54, 1.807) is 24.5 Å². The summed E-state index contributed by atoms with van der Waals surface area (Å²) in [7, 11) is 1.91. The number of rotatable bonds is 2. The molecule has 16 heavy (non-hydrogen) atoms. The maximum absolute atomic E-state index is 11.0. The van der Waals surface area contributed by atoms with Gasteiger partial charge in [0.25, 0.3) is 0 Å². The lowest BCUT2D eigenvalue weighted by Crippen LogP contribution is -2.08. The SMILES string of the molecule is Cc1nn(C)c(Cn2ccc(=O)cc2)c1Br. The van der Waals surface area contributed by atoms with Crippen molar-refractivity contribution in [1.82, 2.24) is 14.3 Å². The van der Waals surface area contributed by atoms with Gasteiger partial charge in [0.2, 0.25) is 0 Å². The number of aryl methyl sites for hydroxylation is 2. The summed E-state index contributed by atoms with van der Waals surface area (Å²) < 4.78 is 4.81. The fraction of sp³-hybridized carbons (Fsp3) is 0.273. The summed E-state index contributed by atoms with van der Waals surface area (Å²) in [6.45, 7) is 2.65. The number of hydrogen-bond donors (Lipinski definition) is 0. The number of aromatic nitrogens is 3. The van der Waals surface area contributed by atoms with Crippen molar-refractivity contribution in [1.29, 1.82) is 0 Å². The molecule has 4 nitrogen and oxygen atoms in total. The molecule has 2 aromatic rings. The van der Waals surface area contributed by atoms with Crippen LogP contribution >= 0.6 is 15.9 Å². The Morgan fingerprint density at radius 3 is 2.50 bits per heavy atom. The van der Waals surface area contributed by atoms with Crippen molar-refractivity contribution in [3.8, 4) is 0 Å². The molecule has 0 fully saturated rings. The van der Waals surface area contributed by atoms with E-state index in [0.717, 1.165) is 15.9 Å². The maximum atomic E-state index is 11.0. The molecule has 2 rings (SSSR count). The third-order valence-corrected chi connectivity index (χ3v) is 3.49. The van der Waals surface area contributed by atoms with Gasteiger partial charge in [0.05, 0.1) is 22.4 Å². The van der Waals surface area contributed by atoms with Crippen LogP contribution in [-0.2, 0) is 13.6 Å². The van der Waals surface area contributed by atoms with Gasteiger partial charge in [0, 0.05) is 31.6 Å². The molecule has 5 heteroatoms. The predicted octanol–water partition coefficient (Wildman–Crippen LogP) is 1.70. The van der Waals surface area contributed by atoms with Gasteiger partial charge in [-0.1, -0.05) is 0 Å². The molecular weight excluding hydrogens is 270 g/mol. The number of hydrogen-bond acceptors (Lipinski definition) is 2. The van der Waals surface area contributed by atoms with Crippen LogP contribution in [-0.4, -0.2) is 14.3 Å². The quantitative estimate of drug-likeness (QED) is 0.841. The van der Waals surface area contributed by atoms with Gasteiger partial charge in [0.1, 0.15) is 0 Å². The lowest BCUT2D eigenvalue weighted by atomic mass is 10.3. The van der Waals surface area contributed by atoms with Crippen LogP contribution < -0.4 is 5.43 Å². The maximum Gasteiger partial charge on any atom is 0.181 e. The highest BCUT2D eigenvalue weighted by molar-refractivity contribution is 9.10. The standard InChI is InChI=1S/C11H12BrN3O/c1-8-11(12)10(14(2)13-8)7-15-5-3-9(16)4-6-15/h3-6H,7H2,1-2H3. The van der Waals surface area contributed by atoms with Crippen LogP contribution in [0.1, 0.15) is 11.4 Å². The van der Waals surface area contributed by atoms with Gasteiger partial charge >= 0.3 is 0 Å². The Hall–Kier alpha value is -1.36. The van der Waals surface area contributed by atoms with Gasteiger partial charge in [-0.3, -0.25) is 9.48 Å². The van der Waals surface area contributed by atoms with Gasteiger partial charge in [-0.05, 0) is 22.9 Å². The van der Waals surface area contributed by atoms with E-state index in [2.05, 4.69) is 21.0 Å². The molecule has 0 saturated heterocycles. The highest BCUT2D eigenvalue weighted by Gasteiger charge is 2.10. The number of halogens is 1. The molecule has 0 aliphatic heterocycles. The average molecular weight is 282 g/mol. The van der Waals surface area contributed by atoms with Gasteiger partial charge < -0.3 is 4.57 Å². The fourth-order valence-electron chi connectivity index (χ4n) is 1.57. The van der Waals surface area contributed by atoms with Crippen molar-refractivity contribution in [3.05, 3.63) is 50.6 Å². The zero-order chi connectivity index (χ0) is 11.7. The van der Waals surface area contributed by atoms with Crippen LogP contribution in [0, 0.1) is 6.92 Å². The highest BCUT2D eigenvalue weighted by Crippen LogP contribution is 2.20. The minimum Gasteiger partial charge on any atom is -0.348 e. The number of pyridine rings is 1. The van der Waals surface area contributed by atoms with E-state index in [1.165, 1.54) is 0 Å². The molecular formula is C11H12BrN3O. The van der Waals surface area contributed by atoms with E-state index in [0.29, 0.717) is 6.54 Å². The normalized spacial score (nSPS) is 10.7. The van der Waals surface area contributed by atoms with Crippen LogP contribution in [0.4, 0.5) is 0 Å². The van der Waals surface area contributed by atoms with Gasteiger partial charge in [0.15, 0.2) is 5.43 Å². The van der Waals surface area contributed by atoms with E-state index in [4.69, 9.17) is 0 Å². The minimum atomic E-state index is 0.0245. The fourth-order valence-corrected chi connectivity index (χ4v) is 2.04. The Morgan fingerprint density at radius 2 is 2.00 bits per heavy atom. The Labute approximate surface area is 102 Å². The molecule has 0 atom stereocenters. The summed E-state index contributed by atoms with van der Waals surface area (Å²) in [5, 5.41) is 4.32. The summed E-state index contributed by atoms with van der Waals surface area (Å²) in [4.78, 5) is 11.0. The molecule has 0 spiro atoms. The number of nitrogens with zero attached hydrogens (tertiary/aromatic N) is 3. The molecule has 0 aliphatic rings. The highest BCUT2D eigenvalue weighted by atomic mass is 79.9. The van der Waals surface area contributed by atoms with Gasteiger partial charge in [-0.2, -0.15) is 5.10 Å². The topological polar surface area (TPSA) is 39.8 Å². The van der Waals surface area contributed by atoms with Gasteiger partial charge in [-0.25, -0.2) is 0 Å². The Bertz CT molecular complexity index is 551. The van der Waals surface area contributed by atoms with E-state index < -0.39 is 0 Å². The third-order valence-electron chi connectivity index (χ3n) is 2.45. The molecule has 2 heterocycles. The molecule has 0 aromatic carbocycles. The Balaban J connectivity index is 2.33. The first kappa shape index (κ1) is 11.1. The third kappa shape index (κ3) is 2.09. The summed E-state index contributed by atoms with van der Waals surface area (Å²) in [5.41, 5.74) is 2.08. The van der Waals surface area contributed by atoms with Crippen molar-refractivity contribution in [2.45, 2.75) is 13.5 Å². The minimum absolute atomic E-state index is 0.0245. The predicted molar refractivity (Wildman–Crippen MR) is 65.4 cm³/mol. The van der Waals surface area contributed by atoms with Crippen molar-refractivity contribution < 1.29 is 0 Å². The zero-order valence-corrected chi connectivity index (χ0v) is 10.7. The first-order chi connectivity index (χ1) is 7.58. The molecule has 0 amide bonds. The van der Waals surface area contributed by atoms with Crippen molar-refractivity contribution in [2.24, 2.45) is 7.05 Å². The first-order valence-electron chi connectivity index (χ1n) is 4.92. The summed E-state index contributed by atoms with van der Waals surface area (Å²) >= 11 is 3.51. The zero-order valence-electron chi connectivity index (χ0n) is 9.14. The lowest BCUT2D eigenvalue weighted by Gasteiger charge is -2.06. The monoisotopic (exact) mass is 281 g/mol. The smallest absolute Gasteiger partial charge is 0.181 e. The largest absolute Gasteiger partial charge is 0.348 e. The van der Waals surface area contributed by atoms with Gasteiger partial charge in [-0.15, -0.1) is 0 Å². The van der Waals surface area contributed by atoms with Crippen LogP contribution in [0.2, 0.25) is 0 Å². The molecule has 84 valence electrons. The summed E-state index contributed by atoms with van der Waals surface area (Å²) in [6.07, 6.45) is 3.55. The van der Waals surface area contributed by atoms with E-state index >= 15 is 0 Å². The van der Waals surface area contributed by atoms with Crippen molar-refractivity contribution >= 4 is 15.9 Å². The second-order valence-corrected chi connectivity index (χ2v) is 4.47. The summed E-state index contributed by atoms with van der Waals surface area (Å²) in [5.74, 6) is 0. The second-order valence-electron chi connectivity index (χ2n) is 3.68. The average Bonchev–Trinajstić information content (AvgIpc) is 2.48. The van der Waals surface area contributed by atoms with E-state index in [9.17, 15) is 4.79 Å². The van der Waals surface area contributed by atoms with Crippen LogP contribution in [0.25, 0.3) is 0 Å². The van der Waals surface area contributed by atoms with Crippen molar-refractivity contribution in [3.63, 3.8) is 0 Å². The van der Waals surface area contributed by atoms with E-state index in [1.807, 2.05) is 23.2 Å². The van der Waals surface area contributed by atoms with E-state index in [-0.39, 0.29) is 5.43 Å². The van der Waals surface area contributed by atoms with Crippen LogP contribution in [0.15, 0.2) is 33.8 Å². The van der Waals surface area contributed by atoms with Crippen molar-refractivity contribution in [2.75, 3.05) is 0 Å². The Kier molecular flexibility index (Phi) is 2.96. The molecule has 0 saturated carbocycles. The molecule has 0 unspecified atom stereocenters. The Morgan fingerprint density at radius 1 is 1.38 bits per heavy atom. The summed E-state index contributed by atoms with van der Waals surface area (Å²) in [6, 6.07) is 3.11. The second kappa shape index (κ2) is 4.25. The van der Waals surface area contributed by atoms with Crippen LogP contribution in [0.3, 0.4) is 0 Å². The molecule has 0 bridgehead atoms. The molecule has 0 N–H and O–H groups in total. The first-order valence-corrected chi connectivity index (χ1v) is 5.71.